The summed E-state index contributed by atoms with van der Waals surface area (Å²) in [5.41, 5.74) is 2.18. The van der Waals surface area contributed by atoms with Gasteiger partial charge in [0.15, 0.2) is 6.10 Å². The van der Waals surface area contributed by atoms with Gasteiger partial charge in [0.1, 0.15) is 0 Å². The lowest BCUT2D eigenvalue weighted by molar-refractivity contribution is -0.131. The van der Waals surface area contributed by atoms with Gasteiger partial charge in [0.25, 0.3) is 5.91 Å². The zero-order chi connectivity index (χ0) is 15.6. The van der Waals surface area contributed by atoms with E-state index in [9.17, 15) is 4.79 Å². The molecule has 0 saturated heterocycles. The zero-order valence-electron chi connectivity index (χ0n) is 12.7. The van der Waals surface area contributed by atoms with Crippen molar-refractivity contribution in [3.05, 3.63) is 71.8 Å². The Morgan fingerprint density at radius 3 is 2.36 bits per heavy atom. The smallest absolute Gasteiger partial charge is 0.253 e. The van der Waals surface area contributed by atoms with Crippen LogP contribution in [-0.4, -0.2) is 25.3 Å². The number of hydrogen-bond donors (Lipinski definition) is 1. The average molecular weight is 315 g/mol. The summed E-state index contributed by atoms with van der Waals surface area (Å²) in [6, 6.07) is 19.9. The molecule has 1 amide bonds. The van der Waals surface area contributed by atoms with Gasteiger partial charge in [-0.25, -0.2) is 0 Å². The van der Waals surface area contributed by atoms with E-state index in [1.165, 1.54) is 5.56 Å². The Kier molecular flexibility index (Phi) is 7.00. The minimum absolute atomic E-state index is 0.0889. The molecule has 0 heterocycles. The molecule has 0 spiro atoms. The summed E-state index contributed by atoms with van der Waals surface area (Å²) in [6.07, 6.45) is -0.541. The quantitative estimate of drug-likeness (QED) is 0.759. The van der Waals surface area contributed by atoms with Crippen LogP contribution in [0.5, 0.6) is 0 Å². The molecule has 0 radical (unpaired) electrons. The predicted molar refractivity (Wildman–Crippen MR) is 91.8 cm³/mol. The van der Waals surface area contributed by atoms with Crippen LogP contribution in [0.3, 0.4) is 0 Å². The van der Waals surface area contributed by atoms with E-state index >= 15 is 0 Å². The number of thioether (sulfide) groups is 1. The molecule has 0 aromatic heterocycles. The van der Waals surface area contributed by atoms with E-state index in [1.54, 1.807) is 7.11 Å². The summed E-state index contributed by atoms with van der Waals surface area (Å²) in [6.45, 7) is 0.642. The summed E-state index contributed by atoms with van der Waals surface area (Å²) in [4.78, 5) is 12.2. The van der Waals surface area contributed by atoms with Crippen molar-refractivity contribution in [2.75, 3.05) is 19.4 Å². The van der Waals surface area contributed by atoms with Crippen LogP contribution in [0.15, 0.2) is 60.7 Å². The Labute approximate surface area is 136 Å². The molecule has 0 saturated carbocycles. The van der Waals surface area contributed by atoms with Gasteiger partial charge in [-0.2, -0.15) is 11.8 Å². The number of hydrogen-bond acceptors (Lipinski definition) is 3. The lowest BCUT2D eigenvalue weighted by Gasteiger charge is -2.15. The minimum atomic E-state index is -0.541. The third kappa shape index (κ3) is 5.20. The standard InChI is InChI=1S/C18H21NO2S/c1-21-17(16-10-6-3-7-11-16)18(20)19-12-13-22-14-15-8-4-2-5-9-15/h2-11,17H,12-14H2,1H3,(H,19,20)/t17-/m1/s1. The van der Waals surface area contributed by atoms with Crippen LogP contribution in [0.25, 0.3) is 0 Å². The van der Waals surface area contributed by atoms with Crippen LogP contribution in [0.4, 0.5) is 0 Å². The Hall–Kier alpha value is -1.78. The highest BCUT2D eigenvalue weighted by Gasteiger charge is 2.18. The van der Waals surface area contributed by atoms with Crippen LogP contribution in [0, 0.1) is 0 Å². The number of amides is 1. The molecule has 2 aromatic carbocycles. The van der Waals surface area contributed by atoms with Crippen molar-refractivity contribution in [1.29, 1.82) is 0 Å². The number of carbonyl (C=O) groups excluding carboxylic acids is 1. The molecule has 2 rings (SSSR count). The summed E-state index contributed by atoms with van der Waals surface area (Å²) in [5, 5.41) is 2.93. The summed E-state index contributed by atoms with van der Waals surface area (Å²) in [5.74, 6) is 1.75. The van der Waals surface area contributed by atoms with Crippen molar-refractivity contribution in [2.24, 2.45) is 0 Å². The van der Waals surface area contributed by atoms with Gasteiger partial charge in [-0.3, -0.25) is 4.79 Å². The Morgan fingerprint density at radius 1 is 1.09 bits per heavy atom. The van der Waals surface area contributed by atoms with Crippen molar-refractivity contribution in [3.63, 3.8) is 0 Å². The van der Waals surface area contributed by atoms with Gasteiger partial charge >= 0.3 is 0 Å². The third-order valence-corrected chi connectivity index (χ3v) is 4.26. The first-order valence-corrected chi connectivity index (χ1v) is 8.44. The fraction of sp³-hybridized carbons (Fsp3) is 0.278. The number of carbonyl (C=O) groups is 1. The second-order valence-corrected chi connectivity index (χ2v) is 5.96. The predicted octanol–water partition coefficient (Wildman–Crippen LogP) is 3.42. The molecule has 3 nitrogen and oxygen atoms in total. The molecule has 116 valence electrons. The molecule has 2 aromatic rings. The summed E-state index contributed by atoms with van der Waals surface area (Å²) in [7, 11) is 1.56. The Balaban J connectivity index is 1.71. The van der Waals surface area contributed by atoms with Crippen LogP contribution in [-0.2, 0) is 15.3 Å². The van der Waals surface area contributed by atoms with Crippen molar-refractivity contribution >= 4 is 17.7 Å². The van der Waals surface area contributed by atoms with Crippen LogP contribution in [0.1, 0.15) is 17.2 Å². The topological polar surface area (TPSA) is 38.3 Å². The Bertz CT molecular complexity index is 560. The van der Waals surface area contributed by atoms with E-state index in [0.29, 0.717) is 6.54 Å². The van der Waals surface area contributed by atoms with Crippen LogP contribution < -0.4 is 5.32 Å². The number of ether oxygens (including phenoxy) is 1. The summed E-state index contributed by atoms with van der Waals surface area (Å²) >= 11 is 1.81. The monoisotopic (exact) mass is 315 g/mol. The molecule has 1 atom stereocenters. The molecular formula is C18H21NO2S. The number of methoxy groups -OCH3 is 1. The maximum atomic E-state index is 12.2. The highest BCUT2D eigenvalue weighted by molar-refractivity contribution is 7.98. The molecule has 0 bridgehead atoms. The molecule has 0 aliphatic rings. The molecule has 22 heavy (non-hydrogen) atoms. The van der Waals surface area contributed by atoms with Gasteiger partial charge in [0.05, 0.1) is 0 Å². The highest BCUT2D eigenvalue weighted by atomic mass is 32.2. The lowest BCUT2D eigenvalue weighted by atomic mass is 10.1. The largest absolute Gasteiger partial charge is 0.367 e. The maximum Gasteiger partial charge on any atom is 0.253 e. The molecule has 4 heteroatoms. The van der Waals surface area contributed by atoms with E-state index in [0.717, 1.165) is 17.1 Å². The summed E-state index contributed by atoms with van der Waals surface area (Å²) < 4.78 is 5.31. The molecule has 0 fully saturated rings. The number of rotatable bonds is 8. The second-order valence-electron chi connectivity index (χ2n) is 4.86. The fourth-order valence-electron chi connectivity index (χ4n) is 2.13. The normalized spacial score (nSPS) is 11.9. The van der Waals surface area contributed by atoms with E-state index < -0.39 is 6.10 Å². The number of benzene rings is 2. The molecule has 0 unspecified atom stereocenters. The van der Waals surface area contributed by atoms with Crippen LogP contribution >= 0.6 is 11.8 Å². The molecule has 0 aliphatic carbocycles. The SMILES string of the molecule is CO[C@@H](C(=O)NCCSCc1ccccc1)c1ccccc1. The first-order valence-electron chi connectivity index (χ1n) is 7.28. The van der Waals surface area contributed by atoms with Gasteiger partial charge in [0, 0.05) is 25.2 Å². The molecule has 1 N–H and O–H groups in total. The third-order valence-electron chi connectivity index (χ3n) is 3.23. The van der Waals surface area contributed by atoms with Gasteiger partial charge < -0.3 is 10.1 Å². The zero-order valence-corrected chi connectivity index (χ0v) is 13.5. The van der Waals surface area contributed by atoms with Crippen molar-refractivity contribution < 1.29 is 9.53 Å². The second kappa shape index (κ2) is 9.28. The first-order chi connectivity index (χ1) is 10.8. The van der Waals surface area contributed by atoms with E-state index in [2.05, 4.69) is 17.4 Å². The van der Waals surface area contributed by atoms with Crippen LogP contribution in [0.2, 0.25) is 0 Å². The highest BCUT2D eigenvalue weighted by Crippen LogP contribution is 2.16. The minimum Gasteiger partial charge on any atom is -0.367 e. The molecule has 0 aliphatic heterocycles. The Morgan fingerprint density at radius 2 is 1.73 bits per heavy atom. The number of nitrogens with one attached hydrogen (secondary N) is 1. The lowest BCUT2D eigenvalue weighted by Crippen LogP contribution is -2.32. The fourth-order valence-corrected chi connectivity index (χ4v) is 2.94. The van der Waals surface area contributed by atoms with Crippen molar-refractivity contribution in [2.45, 2.75) is 11.9 Å². The van der Waals surface area contributed by atoms with Gasteiger partial charge in [-0.05, 0) is 11.1 Å². The van der Waals surface area contributed by atoms with E-state index in [1.807, 2.05) is 60.3 Å². The van der Waals surface area contributed by atoms with Gasteiger partial charge in [-0.15, -0.1) is 0 Å². The van der Waals surface area contributed by atoms with Crippen molar-refractivity contribution in [1.82, 2.24) is 5.32 Å². The van der Waals surface area contributed by atoms with Gasteiger partial charge in [0.2, 0.25) is 0 Å². The molecular weight excluding hydrogens is 294 g/mol. The first kappa shape index (κ1) is 16.6. The van der Waals surface area contributed by atoms with E-state index in [-0.39, 0.29) is 5.91 Å². The van der Waals surface area contributed by atoms with Crippen molar-refractivity contribution in [3.8, 4) is 0 Å². The van der Waals surface area contributed by atoms with Gasteiger partial charge in [-0.1, -0.05) is 60.7 Å². The average Bonchev–Trinajstić information content (AvgIpc) is 2.57. The maximum absolute atomic E-state index is 12.2. The van der Waals surface area contributed by atoms with E-state index in [4.69, 9.17) is 4.74 Å².